The van der Waals surface area contributed by atoms with E-state index in [2.05, 4.69) is 23.5 Å². The molecule has 0 aromatic rings. The SMILES string of the molecule is C1SC1C1C[Te]CC(C2CS2)[Te]1. The van der Waals surface area contributed by atoms with Gasteiger partial charge >= 0.3 is 104 Å². The summed E-state index contributed by atoms with van der Waals surface area (Å²) >= 11 is 5.44. The van der Waals surface area contributed by atoms with E-state index in [1.54, 1.807) is 8.94 Å². The van der Waals surface area contributed by atoms with E-state index in [1.807, 2.05) is 0 Å². The Labute approximate surface area is 103 Å². The first-order chi connectivity index (χ1) is 5.93. The van der Waals surface area contributed by atoms with Crippen molar-refractivity contribution in [2.24, 2.45) is 0 Å². The molecule has 0 spiro atoms. The second-order valence-electron chi connectivity index (χ2n) is 3.49. The third-order valence-electron chi connectivity index (χ3n) is 2.46. The summed E-state index contributed by atoms with van der Waals surface area (Å²) in [6.07, 6.45) is 0. The minimum absolute atomic E-state index is 0.438. The van der Waals surface area contributed by atoms with Gasteiger partial charge in [-0.1, -0.05) is 0 Å². The molecular formula is C8H12S2Te2. The van der Waals surface area contributed by atoms with Crippen LogP contribution in [-0.4, -0.2) is 63.9 Å². The van der Waals surface area contributed by atoms with E-state index in [0.29, 0.717) is 41.8 Å². The number of thioether (sulfide) groups is 2. The van der Waals surface area contributed by atoms with Gasteiger partial charge in [0, 0.05) is 0 Å². The topological polar surface area (TPSA) is 0 Å². The second kappa shape index (κ2) is 4.03. The molecule has 3 aliphatic rings. The van der Waals surface area contributed by atoms with Crippen LogP contribution in [0, 0.1) is 0 Å². The third kappa shape index (κ3) is 2.26. The fourth-order valence-electron chi connectivity index (χ4n) is 1.53. The number of hydrogen-bond donors (Lipinski definition) is 0. The Morgan fingerprint density at radius 1 is 0.917 bits per heavy atom. The van der Waals surface area contributed by atoms with E-state index in [9.17, 15) is 0 Å². The van der Waals surface area contributed by atoms with Crippen molar-refractivity contribution in [1.29, 1.82) is 0 Å². The maximum atomic E-state index is 2.26. The van der Waals surface area contributed by atoms with Gasteiger partial charge in [-0.25, -0.2) is 0 Å². The molecule has 4 atom stereocenters. The zero-order valence-electron chi connectivity index (χ0n) is 6.77. The van der Waals surface area contributed by atoms with Gasteiger partial charge in [-0.15, -0.1) is 0 Å². The standard InChI is InChI=1S/C8H12S2Te2/c1-5(9-1)7-3-11-4-8(12-7)6-2-10-6/h5-8H,1-4H2. The Hall–Kier alpha value is 2.28. The van der Waals surface area contributed by atoms with Crippen LogP contribution >= 0.6 is 23.5 Å². The van der Waals surface area contributed by atoms with Gasteiger partial charge in [-0.2, -0.15) is 0 Å². The molecule has 0 nitrogen and oxygen atoms in total. The quantitative estimate of drug-likeness (QED) is 0.489. The van der Waals surface area contributed by atoms with Crippen LogP contribution in [0.4, 0.5) is 0 Å². The molecule has 0 aromatic heterocycles. The molecule has 0 radical (unpaired) electrons. The van der Waals surface area contributed by atoms with E-state index in [1.165, 1.54) is 29.9 Å². The molecule has 68 valence electrons. The van der Waals surface area contributed by atoms with Crippen LogP contribution in [0.5, 0.6) is 0 Å². The Bertz CT molecular complexity index is 162. The monoisotopic (exact) mass is 432 g/mol. The van der Waals surface area contributed by atoms with Gasteiger partial charge in [0.05, 0.1) is 0 Å². The van der Waals surface area contributed by atoms with Crippen molar-refractivity contribution in [1.82, 2.24) is 0 Å². The van der Waals surface area contributed by atoms with E-state index in [0.717, 1.165) is 0 Å². The van der Waals surface area contributed by atoms with Crippen molar-refractivity contribution in [3.8, 4) is 0 Å². The van der Waals surface area contributed by atoms with Gasteiger partial charge in [0.1, 0.15) is 0 Å². The molecule has 3 heterocycles. The van der Waals surface area contributed by atoms with E-state index < -0.39 is 0 Å². The molecule has 4 unspecified atom stereocenters. The molecule has 0 aliphatic carbocycles. The van der Waals surface area contributed by atoms with Crippen molar-refractivity contribution in [2.75, 3.05) is 11.5 Å². The minimum atomic E-state index is 0.438. The Morgan fingerprint density at radius 2 is 1.42 bits per heavy atom. The molecule has 3 fully saturated rings. The summed E-state index contributed by atoms with van der Waals surface area (Å²) in [6, 6.07) is 0. The van der Waals surface area contributed by atoms with Crippen molar-refractivity contribution in [3.05, 3.63) is 0 Å². The van der Waals surface area contributed by atoms with E-state index >= 15 is 0 Å². The number of rotatable bonds is 2. The van der Waals surface area contributed by atoms with Crippen LogP contribution in [0.25, 0.3) is 0 Å². The van der Waals surface area contributed by atoms with E-state index in [4.69, 9.17) is 0 Å². The summed E-state index contributed by atoms with van der Waals surface area (Å²) < 4.78 is 6.09. The third-order valence-corrected chi connectivity index (χ3v) is 17.9. The zero-order valence-corrected chi connectivity index (χ0v) is 13.1. The van der Waals surface area contributed by atoms with Crippen LogP contribution in [0.2, 0.25) is 16.9 Å². The summed E-state index contributed by atoms with van der Waals surface area (Å²) in [7, 11) is 0. The van der Waals surface area contributed by atoms with Gasteiger partial charge in [0.2, 0.25) is 0 Å². The van der Waals surface area contributed by atoms with Crippen molar-refractivity contribution >= 4 is 65.4 Å². The average Bonchev–Trinajstić information content (AvgIpc) is 2.98. The molecule has 12 heavy (non-hydrogen) atoms. The van der Waals surface area contributed by atoms with Gasteiger partial charge in [-0.3, -0.25) is 0 Å². The second-order valence-corrected chi connectivity index (χ2v) is 13.3. The van der Waals surface area contributed by atoms with Gasteiger partial charge in [0.15, 0.2) is 0 Å². The Morgan fingerprint density at radius 3 is 1.83 bits per heavy atom. The van der Waals surface area contributed by atoms with E-state index in [-0.39, 0.29) is 0 Å². The molecular weight excluding hydrogens is 415 g/mol. The molecule has 0 saturated carbocycles. The number of hydrogen-bond acceptors (Lipinski definition) is 2. The zero-order chi connectivity index (χ0) is 7.97. The van der Waals surface area contributed by atoms with Crippen molar-refractivity contribution in [2.45, 2.75) is 27.4 Å². The van der Waals surface area contributed by atoms with Crippen LogP contribution < -0.4 is 0 Å². The summed E-state index contributed by atoms with van der Waals surface area (Å²) in [5, 5.41) is 2.37. The van der Waals surface area contributed by atoms with Crippen molar-refractivity contribution < 1.29 is 0 Å². The van der Waals surface area contributed by atoms with Gasteiger partial charge in [0.25, 0.3) is 0 Å². The van der Waals surface area contributed by atoms with Crippen molar-refractivity contribution in [3.63, 3.8) is 0 Å². The Balaban J connectivity index is 1.58. The summed E-state index contributed by atoms with van der Waals surface area (Å²) in [5.74, 6) is 3.07. The first-order valence-electron chi connectivity index (χ1n) is 4.40. The predicted molar refractivity (Wildman–Crippen MR) is 61.1 cm³/mol. The molecule has 3 saturated heterocycles. The molecule has 3 rings (SSSR count). The van der Waals surface area contributed by atoms with Crippen LogP contribution in [0.15, 0.2) is 0 Å². The Kier molecular flexibility index (Phi) is 3.19. The van der Waals surface area contributed by atoms with Crippen LogP contribution in [0.3, 0.4) is 0 Å². The fourth-order valence-corrected chi connectivity index (χ4v) is 19.6. The molecule has 0 aromatic carbocycles. The first-order valence-corrected chi connectivity index (χ1v) is 12.5. The average molecular weight is 428 g/mol. The molecule has 3 aliphatic heterocycles. The first kappa shape index (κ1) is 9.50. The summed E-state index contributed by atoms with van der Waals surface area (Å²) in [5.41, 5.74) is 0. The molecule has 4 heteroatoms. The summed E-state index contributed by atoms with van der Waals surface area (Å²) in [6.45, 7) is 0. The van der Waals surface area contributed by atoms with Crippen LogP contribution in [0.1, 0.15) is 0 Å². The predicted octanol–water partition coefficient (Wildman–Crippen LogP) is 2.05. The van der Waals surface area contributed by atoms with Gasteiger partial charge in [-0.05, 0) is 0 Å². The normalized spacial score (nSPS) is 52.0. The maximum absolute atomic E-state index is 2.26. The molecule has 0 amide bonds. The molecule has 0 bridgehead atoms. The van der Waals surface area contributed by atoms with Crippen LogP contribution in [-0.2, 0) is 0 Å². The summed E-state index contributed by atoms with van der Waals surface area (Å²) in [4.78, 5) is 0. The molecule has 0 N–H and O–H groups in total. The van der Waals surface area contributed by atoms with Gasteiger partial charge < -0.3 is 0 Å². The fraction of sp³-hybridized carbons (Fsp3) is 1.00.